The first kappa shape index (κ1) is 16.0. The zero-order valence-corrected chi connectivity index (χ0v) is 13.2. The molecule has 0 bridgehead atoms. The first-order valence-corrected chi connectivity index (χ1v) is 8.59. The van der Waals surface area contributed by atoms with Crippen molar-refractivity contribution in [1.29, 1.82) is 0 Å². The second kappa shape index (κ2) is 7.06. The van der Waals surface area contributed by atoms with Gasteiger partial charge in [0, 0.05) is 0 Å². The molecule has 0 spiro atoms. The maximum absolute atomic E-state index is 12.2. The number of benzene rings is 1. The van der Waals surface area contributed by atoms with Gasteiger partial charge in [0.2, 0.25) is 10.0 Å². The van der Waals surface area contributed by atoms with Gasteiger partial charge in [-0.1, -0.05) is 29.3 Å². The van der Waals surface area contributed by atoms with Crippen molar-refractivity contribution in [2.24, 2.45) is 0 Å². The van der Waals surface area contributed by atoms with Gasteiger partial charge in [-0.3, -0.25) is 0 Å². The van der Waals surface area contributed by atoms with Crippen LogP contribution in [-0.4, -0.2) is 47.8 Å². The Hall–Kier alpha value is -0.370. The molecule has 0 unspecified atom stereocenters. The lowest BCUT2D eigenvalue weighted by Gasteiger charge is -2.23. The first-order chi connectivity index (χ1) is 9.50. The summed E-state index contributed by atoms with van der Waals surface area (Å²) in [5, 5.41) is 0.257. The highest BCUT2D eigenvalue weighted by atomic mass is 35.5. The number of sulfonamides is 1. The molecular formula is C12H17Cl2N2O3S+. The first-order valence-electron chi connectivity index (χ1n) is 6.36. The highest BCUT2D eigenvalue weighted by Gasteiger charge is 2.22. The molecule has 5 nitrogen and oxygen atoms in total. The molecule has 0 atom stereocenters. The SMILES string of the molecule is O=S(=O)(NCC[NH+]1CCOCC1)c1c(Cl)cccc1Cl. The fourth-order valence-electron chi connectivity index (χ4n) is 2.08. The fraction of sp³-hybridized carbons (Fsp3) is 0.500. The highest BCUT2D eigenvalue weighted by molar-refractivity contribution is 7.89. The van der Waals surface area contributed by atoms with E-state index < -0.39 is 10.0 Å². The number of morpholine rings is 1. The van der Waals surface area contributed by atoms with Gasteiger partial charge in [0.25, 0.3) is 0 Å². The van der Waals surface area contributed by atoms with Crippen LogP contribution in [-0.2, 0) is 14.8 Å². The third-order valence-corrected chi connectivity index (χ3v) is 5.57. The fourth-order valence-corrected chi connectivity index (χ4v) is 4.26. The van der Waals surface area contributed by atoms with Crippen molar-refractivity contribution >= 4 is 33.2 Å². The zero-order chi connectivity index (χ0) is 14.6. The van der Waals surface area contributed by atoms with Crippen LogP contribution in [0.1, 0.15) is 0 Å². The Bertz CT molecular complexity index is 540. The molecule has 112 valence electrons. The van der Waals surface area contributed by atoms with E-state index in [0.29, 0.717) is 13.1 Å². The molecule has 1 saturated heterocycles. The number of rotatable bonds is 5. The van der Waals surface area contributed by atoms with Crippen molar-refractivity contribution < 1.29 is 18.1 Å². The average molecular weight is 340 g/mol. The molecule has 0 aliphatic carbocycles. The lowest BCUT2D eigenvalue weighted by molar-refractivity contribution is -0.906. The largest absolute Gasteiger partial charge is 0.370 e. The maximum Gasteiger partial charge on any atom is 0.243 e. The molecule has 1 aliphatic heterocycles. The standard InChI is InChI=1S/C12H16Cl2N2O3S/c13-10-2-1-3-11(14)12(10)20(17,18)15-4-5-16-6-8-19-9-7-16/h1-3,15H,4-9H2/p+1. The molecule has 0 saturated carbocycles. The number of quaternary nitrogens is 1. The molecule has 2 rings (SSSR count). The lowest BCUT2D eigenvalue weighted by Crippen LogP contribution is -3.14. The number of ether oxygens (including phenoxy) is 1. The van der Waals surface area contributed by atoms with Crippen LogP contribution in [0.3, 0.4) is 0 Å². The molecule has 1 aromatic rings. The summed E-state index contributed by atoms with van der Waals surface area (Å²) in [7, 11) is -3.68. The van der Waals surface area contributed by atoms with Crippen LogP contribution in [0.2, 0.25) is 10.0 Å². The second-order valence-electron chi connectivity index (χ2n) is 4.56. The van der Waals surface area contributed by atoms with Crippen LogP contribution in [0, 0.1) is 0 Å². The summed E-state index contributed by atoms with van der Waals surface area (Å²) < 4.78 is 32.2. The van der Waals surface area contributed by atoms with Crippen LogP contribution in [0.4, 0.5) is 0 Å². The Labute approximate surface area is 128 Å². The van der Waals surface area contributed by atoms with Gasteiger partial charge in [-0.2, -0.15) is 0 Å². The van der Waals surface area contributed by atoms with Gasteiger partial charge in [-0.05, 0) is 12.1 Å². The minimum absolute atomic E-state index is 0.0553. The Morgan fingerprint density at radius 3 is 2.40 bits per heavy atom. The predicted octanol–water partition coefficient (Wildman–Crippen LogP) is 0.187. The van der Waals surface area contributed by atoms with Gasteiger partial charge in [-0.25, -0.2) is 13.1 Å². The van der Waals surface area contributed by atoms with E-state index in [4.69, 9.17) is 27.9 Å². The summed E-state index contributed by atoms with van der Waals surface area (Å²) in [4.78, 5) is 1.27. The zero-order valence-electron chi connectivity index (χ0n) is 10.9. The summed E-state index contributed by atoms with van der Waals surface area (Å²) in [5.74, 6) is 0. The molecule has 1 fully saturated rings. The van der Waals surface area contributed by atoms with Crippen molar-refractivity contribution in [3.05, 3.63) is 28.2 Å². The maximum atomic E-state index is 12.2. The lowest BCUT2D eigenvalue weighted by atomic mass is 10.4. The quantitative estimate of drug-likeness (QED) is 0.804. The molecule has 8 heteroatoms. The van der Waals surface area contributed by atoms with Crippen LogP contribution >= 0.6 is 23.2 Å². The minimum Gasteiger partial charge on any atom is -0.370 e. The van der Waals surface area contributed by atoms with Gasteiger partial charge in [0.15, 0.2) is 0 Å². The number of halogens is 2. The number of hydrogen-bond donors (Lipinski definition) is 2. The van der Waals surface area contributed by atoms with E-state index in [0.717, 1.165) is 26.3 Å². The van der Waals surface area contributed by atoms with E-state index in [2.05, 4.69) is 4.72 Å². The molecule has 2 N–H and O–H groups in total. The topological polar surface area (TPSA) is 59.8 Å². The van der Waals surface area contributed by atoms with Crippen molar-refractivity contribution in [2.45, 2.75) is 4.90 Å². The average Bonchev–Trinajstić information content (AvgIpc) is 2.39. The van der Waals surface area contributed by atoms with Gasteiger partial charge in [0.05, 0.1) is 36.3 Å². The minimum atomic E-state index is -3.68. The Kier molecular flexibility index (Phi) is 5.65. The predicted molar refractivity (Wildman–Crippen MR) is 78.0 cm³/mol. The van der Waals surface area contributed by atoms with E-state index in [9.17, 15) is 8.42 Å². The van der Waals surface area contributed by atoms with E-state index in [1.54, 1.807) is 6.07 Å². The molecule has 1 heterocycles. The second-order valence-corrected chi connectivity index (χ2v) is 7.08. The normalized spacial score (nSPS) is 17.3. The summed E-state index contributed by atoms with van der Waals surface area (Å²) in [6, 6.07) is 4.63. The third kappa shape index (κ3) is 4.07. The smallest absolute Gasteiger partial charge is 0.243 e. The third-order valence-electron chi connectivity index (χ3n) is 3.16. The van der Waals surface area contributed by atoms with Gasteiger partial charge < -0.3 is 9.64 Å². The number of nitrogens with one attached hydrogen (secondary N) is 2. The Balaban J connectivity index is 1.97. The molecule has 1 aliphatic rings. The highest BCUT2D eigenvalue weighted by Crippen LogP contribution is 2.28. The summed E-state index contributed by atoms with van der Waals surface area (Å²) in [6.07, 6.45) is 0. The molecule has 0 aromatic heterocycles. The molecule has 0 amide bonds. The van der Waals surface area contributed by atoms with E-state index in [1.165, 1.54) is 17.0 Å². The van der Waals surface area contributed by atoms with Crippen LogP contribution in [0.25, 0.3) is 0 Å². The monoisotopic (exact) mass is 339 g/mol. The van der Waals surface area contributed by atoms with Gasteiger partial charge in [0.1, 0.15) is 18.0 Å². The van der Waals surface area contributed by atoms with Gasteiger partial charge >= 0.3 is 0 Å². The van der Waals surface area contributed by atoms with Crippen LogP contribution in [0.5, 0.6) is 0 Å². The van der Waals surface area contributed by atoms with E-state index in [1.807, 2.05) is 0 Å². The Morgan fingerprint density at radius 2 is 1.80 bits per heavy atom. The van der Waals surface area contributed by atoms with Crippen molar-refractivity contribution in [3.8, 4) is 0 Å². The summed E-state index contributed by atoms with van der Waals surface area (Å²) in [5.41, 5.74) is 0. The van der Waals surface area contributed by atoms with E-state index in [-0.39, 0.29) is 14.9 Å². The van der Waals surface area contributed by atoms with Crippen molar-refractivity contribution in [3.63, 3.8) is 0 Å². The van der Waals surface area contributed by atoms with Crippen molar-refractivity contribution in [2.75, 3.05) is 39.4 Å². The molecule has 20 heavy (non-hydrogen) atoms. The summed E-state index contributed by atoms with van der Waals surface area (Å²) in [6.45, 7) is 4.30. The van der Waals surface area contributed by atoms with Gasteiger partial charge in [-0.15, -0.1) is 0 Å². The van der Waals surface area contributed by atoms with Crippen LogP contribution < -0.4 is 9.62 Å². The van der Waals surface area contributed by atoms with Crippen LogP contribution in [0.15, 0.2) is 23.1 Å². The molecular weight excluding hydrogens is 323 g/mol. The van der Waals surface area contributed by atoms with E-state index >= 15 is 0 Å². The van der Waals surface area contributed by atoms with Crippen molar-refractivity contribution in [1.82, 2.24) is 4.72 Å². The molecule has 1 aromatic carbocycles. The number of hydrogen-bond acceptors (Lipinski definition) is 3. The molecule has 0 radical (unpaired) electrons. The Morgan fingerprint density at radius 1 is 1.20 bits per heavy atom. The summed E-state index contributed by atoms with van der Waals surface area (Å²) >= 11 is 11.8.